The molecule has 7 nitrogen and oxygen atoms in total. The van der Waals surface area contributed by atoms with Gasteiger partial charge in [-0.2, -0.15) is 0 Å². The predicted octanol–water partition coefficient (Wildman–Crippen LogP) is 4.83. The van der Waals surface area contributed by atoms with E-state index in [1.54, 1.807) is 42.5 Å². The number of carbonyl (C=O) groups excluding carboxylic acids is 2. The third kappa shape index (κ3) is 4.59. The van der Waals surface area contributed by atoms with Crippen molar-refractivity contribution >= 4 is 34.5 Å². The zero-order valence-electron chi connectivity index (χ0n) is 15.3. The number of benzene rings is 3. The summed E-state index contributed by atoms with van der Waals surface area (Å²) in [5.74, 6) is -0.178. The molecule has 0 saturated heterocycles. The first-order valence-electron chi connectivity index (χ1n) is 8.92. The molecule has 29 heavy (non-hydrogen) atoms. The first-order valence-corrected chi connectivity index (χ1v) is 8.92. The largest absolute Gasteiger partial charge is 0.452 e. The molecule has 2 amide bonds. The van der Waals surface area contributed by atoms with E-state index in [0.717, 1.165) is 0 Å². The van der Waals surface area contributed by atoms with Crippen LogP contribution in [0.3, 0.4) is 0 Å². The number of nitrogens with one attached hydrogen (secondary N) is 2. The van der Waals surface area contributed by atoms with Gasteiger partial charge in [0.2, 0.25) is 5.89 Å². The van der Waals surface area contributed by atoms with E-state index in [1.807, 2.05) is 36.4 Å². The number of fused-ring (bicyclic) bond motifs is 1. The van der Waals surface area contributed by atoms with Crippen LogP contribution in [0.2, 0.25) is 0 Å². The minimum atomic E-state index is -0.507. The van der Waals surface area contributed by atoms with Crippen molar-refractivity contribution in [1.82, 2.24) is 4.98 Å². The quantitative estimate of drug-likeness (QED) is 0.479. The maximum absolute atomic E-state index is 12.2. The number of oxazole rings is 1. The van der Waals surface area contributed by atoms with E-state index in [4.69, 9.17) is 9.15 Å². The number of aromatic nitrogens is 1. The number of urea groups is 1. The van der Waals surface area contributed by atoms with Crippen LogP contribution in [0.25, 0.3) is 11.1 Å². The summed E-state index contributed by atoms with van der Waals surface area (Å²) in [6.45, 7) is -0.0625. The highest BCUT2D eigenvalue weighted by Gasteiger charge is 2.11. The van der Waals surface area contributed by atoms with Crippen molar-refractivity contribution in [2.24, 2.45) is 0 Å². The zero-order valence-corrected chi connectivity index (χ0v) is 15.3. The molecule has 0 fully saturated rings. The fourth-order valence-corrected chi connectivity index (χ4v) is 2.70. The monoisotopic (exact) mass is 387 g/mol. The topological polar surface area (TPSA) is 93.5 Å². The number of nitrogens with zero attached hydrogens (tertiary/aromatic N) is 1. The third-order valence-corrected chi connectivity index (χ3v) is 4.08. The van der Waals surface area contributed by atoms with Gasteiger partial charge in [0.05, 0.1) is 5.56 Å². The van der Waals surface area contributed by atoms with E-state index in [0.29, 0.717) is 33.9 Å². The Morgan fingerprint density at radius 1 is 0.828 bits per heavy atom. The van der Waals surface area contributed by atoms with Gasteiger partial charge in [0.1, 0.15) is 5.52 Å². The Bertz CT molecular complexity index is 1100. The van der Waals surface area contributed by atoms with E-state index in [1.165, 1.54) is 0 Å². The minimum Gasteiger partial charge on any atom is -0.452 e. The molecule has 0 aliphatic rings. The van der Waals surface area contributed by atoms with Crippen LogP contribution in [0.15, 0.2) is 83.3 Å². The fraction of sp³-hybridized carbons (Fsp3) is 0.0455. The highest BCUT2D eigenvalue weighted by atomic mass is 16.5. The Balaban J connectivity index is 1.32. The lowest BCUT2D eigenvalue weighted by Crippen LogP contribution is -2.19. The first-order chi connectivity index (χ1) is 14.2. The minimum absolute atomic E-state index is 0.0625. The number of hydrogen-bond acceptors (Lipinski definition) is 5. The molecular formula is C22H17N3O4. The van der Waals surface area contributed by atoms with Gasteiger partial charge in [-0.3, -0.25) is 0 Å². The highest BCUT2D eigenvalue weighted by molar-refractivity contribution is 6.00. The molecule has 1 aromatic heterocycles. The molecule has 3 aromatic carbocycles. The number of esters is 1. The summed E-state index contributed by atoms with van der Waals surface area (Å²) < 4.78 is 10.8. The van der Waals surface area contributed by atoms with Crippen LogP contribution in [0, 0.1) is 0 Å². The Kier molecular flexibility index (Phi) is 5.20. The lowest BCUT2D eigenvalue weighted by Gasteiger charge is -2.08. The summed E-state index contributed by atoms with van der Waals surface area (Å²) in [4.78, 5) is 28.5. The van der Waals surface area contributed by atoms with Crippen LogP contribution in [-0.2, 0) is 11.3 Å². The van der Waals surface area contributed by atoms with Crippen molar-refractivity contribution in [3.63, 3.8) is 0 Å². The van der Waals surface area contributed by atoms with Gasteiger partial charge in [-0.1, -0.05) is 30.3 Å². The predicted molar refractivity (Wildman–Crippen MR) is 109 cm³/mol. The molecule has 0 spiro atoms. The van der Waals surface area contributed by atoms with Crippen molar-refractivity contribution < 1.29 is 18.7 Å². The van der Waals surface area contributed by atoms with Crippen molar-refractivity contribution in [2.75, 3.05) is 10.6 Å². The lowest BCUT2D eigenvalue weighted by molar-refractivity contribution is 0.0440. The van der Waals surface area contributed by atoms with Crippen LogP contribution >= 0.6 is 0 Å². The van der Waals surface area contributed by atoms with Crippen LogP contribution in [0.5, 0.6) is 0 Å². The Hall–Kier alpha value is -4.13. The van der Waals surface area contributed by atoms with Crippen molar-refractivity contribution in [1.29, 1.82) is 0 Å². The molecule has 0 unspecified atom stereocenters. The lowest BCUT2D eigenvalue weighted by atomic mass is 10.2. The molecule has 4 rings (SSSR count). The van der Waals surface area contributed by atoms with Crippen molar-refractivity contribution in [3.05, 3.63) is 90.3 Å². The van der Waals surface area contributed by atoms with Crippen LogP contribution in [0.1, 0.15) is 16.2 Å². The van der Waals surface area contributed by atoms with Crippen molar-refractivity contribution in [2.45, 2.75) is 6.61 Å². The average Bonchev–Trinajstić information content (AvgIpc) is 3.16. The Morgan fingerprint density at radius 3 is 2.21 bits per heavy atom. The number of anilines is 2. The molecule has 0 atom stereocenters. The zero-order chi connectivity index (χ0) is 20.1. The third-order valence-electron chi connectivity index (χ3n) is 4.08. The summed E-state index contributed by atoms with van der Waals surface area (Å²) in [5, 5.41) is 5.42. The second-order valence-electron chi connectivity index (χ2n) is 6.17. The second-order valence-corrected chi connectivity index (χ2v) is 6.17. The van der Waals surface area contributed by atoms with E-state index in [9.17, 15) is 9.59 Å². The normalized spacial score (nSPS) is 10.5. The molecule has 144 valence electrons. The molecule has 1 heterocycles. The summed E-state index contributed by atoms with van der Waals surface area (Å²) in [7, 11) is 0. The summed E-state index contributed by atoms with van der Waals surface area (Å²) in [6, 6.07) is 22.5. The SMILES string of the molecule is O=C(Nc1ccccc1)Nc1ccc(C(=O)OCc2nc3ccccc3o2)cc1. The molecule has 4 aromatic rings. The molecule has 0 aliphatic heterocycles. The molecule has 0 saturated carbocycles. The van der Waals surface area contributed by atoms with Crippen LogP contribution in [0.4, 0.5) is 16.2 Å². The summed E-state index contributed by atoms with van der Waals surface area (Å²) in [5.41, 5.74) is 2.94. The van der Waals surface area contributed by atoms with Gasteiger partial charge >= 0.3 is 12.0 Å². The second kappa shape index (κ2) is 8.26. The van der Waals surface area contributed by atoms with Crippen LogP contribution in [-0.4, -0.2) is 17.0 Å². The number of ether oxygens (including phenoxy) is 1. The molecule has 7 heteroatoms. The van der Waals surface area contributed by atoms with Gasteiger partial charge in [-0.25, -0.2) is 14.6 Å². The Morgan fingerprint density at radius 2 is 1.48 bits per heavy atom. The Labute approximate surface area is 166 Å². The molecule has 0 bridgehead atoms. The standard InChI is InChI=1S/C22H17N3O4/c26-21(28-14-20-25-18-8-4-5-9-19(18)29-20)15-10-12-17(13-11-15)24-22(27)23-16-6-2-1-3-7-16/h1-13H,14H2,(H2,23,24,27). The van der Waals surface area contributed by atoms with Gasteiger partial charge in [0.15, 0.2) is 12.2 Å². The van der Waals surface area contributed by atoms with Gasteiger partial charge < -0.3 is 19.8 Å². The van der Waals surface area contributed by atoms with Crippen LogP contribution < -0.4 is 10.6 Å². The average molecular weight is 387 g/mol. The molecule has 0 aliphatic carbocycles. The van der Waals surface area contributed by atoms with Gasteiger partial charge in [0, 0.05) is 11.4 Å². The van der Waals surface area contributed by atoms with Gasteiger partial charge in [-0.15, -0.1) is 0 Å². The number of amides is 2. The number of rotatable bonds is 5. The van der Waals surface area contributed by atoms with E-state index in [-0.39, 0.29) is 12.6 Å². The number of hydrogen-bond donors (Lipinski definition) is 2. The molecule has 2 N–H and O–H groups in total. The maximum Gasteiger partial charge on any atom is 0.338 e. The van der Waals surface area contributed by atoms with Gasteiger partial charge in [-0.05, 0) is 48.5 Å². The number of para-hydroxylation sites is 3. The first kappa shape index (κ1) is 18.2. The highest BCUT2D eigenvalue weighted by Crippen LogP contribution is 2.16. The van der Waals surface area contributed by atoms with E-state index >= 15 is 0 Å². The van der Waals surface area contributed by atoms with E-state index < -0.39 is 5.97 Å². The maximum atomic E-state index is 12.2. The van der Waals surface area contributed by atoms with E-state index in [2.05, 4.69) is 15.6 Å². The smallest absolute Gasteiger partial charge is 0.338 e. The number of carbonyl (C=O) groups is 2. The fourth-order valence-electron chi connectivity index (χ4n) is 2.70. The van der Waals surface area contributed by atoms with Gasteiger partial charge in [0.25, 0.3) is 0 Å². The molecular weight excluding hydrogens is 370 g/mol. The summed E-state index contributed by atoms with van der Waals surface area (Å²) in [6.07, 6.45) is 0. The summed E-state index contributed by atoms with van der Waals surface area (Å²) >= 11 is 0. The molecule has 0 radical (unpaired) electrons. The van der Waals surface area contributed by atoms with Crippen molar-refractivity contribution in [3.8, 4) is 0 Å².